The minimum absolute atomic E-state index is 0.0103. The predicted molar refractivity (Wildman–Crippen MR) is 98.3 cm³/mol. The molecule has 0 saturated carbocycles. The van der Waals surface area contributed by atoms with Crippen LogP contribution in [0.2, 0.25) is 10.0 Å². The van der Waals surface area contributed by atoms with E-state index in [2.05, 4.69) is 5.16 Å². The van der Waals surface area contributed by atoms with Crippen molar-refractivity contribution in [3.05, 3.63) is 52.0 Å². The molecular weight excluding hydrogens is 383 g/mol. The Morgan fingerprint density at radius 1 is 1.04 bits per heavy atom. The number of amidine groups is 1. The van der Waals surface area contributed by atoms with Crippen molar-refractivity contribution in [1.29, 1.82) is 0 Å². The summed E-state index contributed by atoms with van der Waals surface area (Å²) in [6.07, 6.45) is 0. The molecule has 0 heterocycles. The smallest absolute Gasteiger partial charge is 0.372 e. The summed E-state index contributed by atoms with van der Waals surface area (Å²) in [5.74, 6) is 0.539. The number of ether oxygens (including phenoxy) is 3. The molecule has 7 nitrogen and oxygen atoms in total. The number of hydrogen-bond acceptors (Lipinski definition) is 6. The second kappa shape index (κ2) is 9.17. The molecular formula is C17H16Cl2N2O5. The zero-order valence-corrected chi connectivity index (χ0v) is 15.5. The highest BCUT2D eigenvalue weighted by Crippen LogP contribution is 2.28. The molecule has 0 aromatic heterocycles. The van der Waals surface area contributed by atoms with Gasteiger partial charge in [0.15, 0.2) is 23.9 Å². The minimum Gasteiger partial charge on any atom is -0.493 e. The lowest BCUT2D eigenvalue weighted by molar-refractivity contribution is -0.146. The maximum atomic E-state index is 11.7. The second-order valence-corrected chi connectivity index (χ2v) is 5.72. The van der Waals surface area contributed by atoms with E-state index >= 15 is 0 Å². The number of carbonyl (C=O) groups is 1. The van der Waals surface area contributed by atoms with Crippen molar-refractivity contribution in [3.8, 4) is 17.2 Å². The first kappa shape index (κ1) is 19.7. The summed E-state index contributed by atoms with van der Waals surface area (Å²) in [5, 5.41) is 4.32. The van der Waals surface area contributed by atoms with Gasteiger partial charge in [0.25, 0.3) is 0 Å². The molecule has 0 atom stereocenters. The van der Waals surface area contributed by atoms with Gasteiger partial charge in [0.2, 0.25) is 0 Å². The Labute approximate surface area is 160 Å². The highest BCUT2D eigenvalue weighted by Gasteiger charge is 2.10. The van der Waals surface area contributed by atoms with E-state index in [9.17, 15) is 4.79 Å². The van der Waals surface area contributed by atoms with Crippen molar-refractivity contribution in [1.82, 2.24) is 0 Å². The standard InChI is InChI=1S/C17H16Cl2N2O5/c1-23-14-5-3-10(7-15(14)24-2)17(20)21-26-16(22)9-25-13-6-4-11(18)8-12(13)19/h3-8H,9H2,1-2H3,(H2,20,21). The molecule has 0 bridgehead atoms. The largest absolute Gasteiger partial charge is 0.493 e. The molecule has 0 aliphatic rings. The summed E-state index contributed by atoms with van der Waals surface area (Å²) in [6.45, 7) is -0.399. The van der Waals surface area contributed by atoms with Crippen LogP contribution in [0, 0.1) is 0 Å². The van der Waals surface area contributed by atoms with Crippen LogP contribution in [-0.4, -0.2) is 32.6 Å². The summed E-state index contributed by atoms with van der Waals surface area (Å²) in [4.78, 5) is 16.5. The van der Waals surface area contributed by atoms with Gasteiger partial charge in [0.1, 0.15) is 5.75 Å². The number of nitrogens with two attached hydrogens (primary N) is 1. The van der Waals surface area contributed by atoms with Gasteiger partial charge >= 0.3 is 5.97 Å². The van der Waals surface area contributed by atoms with Crippen molar-refractivity contribution >= 4 is 35.0 Å². The second-order valence-electron chi connectivity index (χ2n) is 4.87. The fourth-order valence-corrected chi connectivity index (χ4v) is 2.37. The Kier molecular flexibility index (Phi) is 6.94. The van der Waals surface area contributed by atoms with Gasteiger partial charge in [-0.05, 0) is 36.4 Å². The lowest BCUT2D eigenvalue weighted by Gasteiger charge is -2.09. The Balaban J connectivity index is 1.96. The number of hydrogen-bond donors (Lipinski definition) is 1. The molecule has 0 aliphatic heterocycles. The zero-order chi connectivity index (χ0) is 19.1. The average Bonchev–Trinajstić information content (AvgIpc) is 2.64. The predicted octanol–water partition coefficient (Wildman–Crippen LogP) is 3.25. The van der Waals surface area contributed by atoms with Gasteiger partial charge in [0, 0.05) is 10.6 Å². The minimum atomic E-state index is -0.751. The SMILES string of the molecule is COc1ccc(C(N)=NOC(=O)COc2ccc(Cl)cc2Cl)cc1OC. The van der Waals surface area contributed by atoms with Crippen molar-refractivity contribution < 1.29 is 23.8 Å². The molecule has 0 unspecified atom stereocenters. The first-order valence-corrected chi connectivity index (χ1v) is 8.03. The molecule has 138 valence electrons. The van der Waals surface area contributed by atoms with E-state index in [0.717, 1.165) is 0 Å². The van der Waals surface area contributed by atoms with Gasteiger partial charge in [-0.15, -0.1) is 0 Å². The number of halogens is 2. The van der Waals surface area contributed by atoms with Crippen molar-refractivity contribution in [2.75, 3.05) is 20.8 Å². The van der Waals surface area contributed by atoms with Gasteiger partial charge in [-0.25, -0.2) is 4.79 Å². The lowest BCUT2D eigenvalue weighted by atomic mass is 10.2. The fraction of sp³-hybridized carbons (Fsp3) is 0.176. The zero-order valence-electron chi connectivity index (χ0n) is 14.0. The van der Waals surface area contributed by atoms with Gasteiger partial charge < -0.3 is 24.8 Å². The summed E-state index contributed by atoms with van der Waals surface area (Å²) in [7, 11) is 3.01. The van der Waals surface area contributed by atoms with E-state index in [-0.39, 0.29) is 10.9 Å². The fourth-order valence-electron chi connectivity index (χ4n) is 1.90. The molecule has 26 heavy (non-hydrogen) atoms. The topological polar surface area (TPSA) is 92.4 Å². The van der Waals surface area contributed by atoms with E-state index < -0.39 is 12.6 Å². The maximum absolute atomic E-state index is 11.7. The van der Waals surface area contributed by atoms with E-state index in [1.54, 1.807) is 30.3 Å². The van der Waals surface area contributed by atoms with Crippen LogP contribution in [0.25, 0.3) is 0 Å². The normalized spacial score (nSPS) is 11.0. The summed E-state index contributed by atoms with van der Waals surface area (Å²) in [6, 6.07) is 9.54. The first-order valence-electron chi connectivity index (χ1n) is 7.28. The first-order chi connectivity index (χ1) is 12.4. The highest BCUT2D eigenvalue weighted by molar-refractivity contribution is 6.35. The molecule has 2 aromatic carbocycles. The summed E-state index contributed by atoms with van der Waals surface area (Å²) >= 11 is 11.7. The number of oxime groups is 1. The Bertz CT molecular complexity index is 827. The van der Waals surface area contributed by atoms with Crippen LogP contribution in [0.5, 0.6) is 17.2 Å². The molecule has 0 saturated heterocycles. The van der Waals surface area contributed by atoms with Crippen LogP contribution in [0.4, 0.5) is 0 Å². The van der Waals surface area contributed by atoms with Crippen LogP contribution >= 0.6 is 23.2 Å². The number of benzene rings is 2. The molecule has 0 spiro atoms. The van der Waals surface area contributed by atoms with Crippen molar-refractivity contribution in [2.45, 2.75) is 0 Å². The monoisotopic (exact) mass is 398 g/mol. The third kappa shape index (κ3) is 5.18. The van der Waals surface area contributed by atoms with Crippen LogP contribution < -0.4 is 19.9 Å². The van der Waals surface area contributed by atoms with Gasteiger partial charge in [-0.1, -0.05) is 28.4 Å². The van der Waals surface area contributed by atoms with Crippen LogP contribution in [-0.2, 0) is 9.63 Å². The van der Waals surface area contributed by atoms with E-state index in [1.165, 1.54) is 20.3 Å². The van der Waals surface area contributed by atoms with Gasteiger partial charge in [-0.2, -0.15) is 0 Å². The molecule has 2 rings (SSSR count). The quantitative estimate of drug-likeness (QED) is 0.333. The summed E-state index contributed by atoms with van der Waals surface area (Å²) in [5.41, 5.74) is 6.30. The Morgan fingerprint density at radius 3 is 2.38 bits per heavy atom. The van der Waals surface area contributed by atoms with E-state index in [0.29, 0.717) is 27.8 Å². The molecule has 9 heteroatoms. The number of nitrogens with zero attached hydrogens (tertiary/aromatic N) is 1. The molecule has 0 fully saturated rings. The van der Waals surface area contributed by atoms with Gasteiger partial charge in [0.05, 0.1) is 19.2 Å². The number of carbonyl (C=O) groups excluding carboxylic acids is 1. The number of methoxy groups -OCH3 is 2. The molecule has 0 amide bonds. The molecule has 2 N–H and O–H groups in total. The Hall–Kier alpha value is -2.64. The average molecular weight is 399 g/mol. The van der Waals surface area contributed by atoms with Crippen LogP contribution in [0.1, 0.15) is 5.56 Å². The highest BCUT2D eigenvalue weighted by atomic mass is 35.5. The van der Waals surface area contributed by atoms with Crippen LogP contribution in [0.15, 0.2) is 41.6 Å². The van der Waals surface area contributed by atoms with Gasteiger partial charge in [-0.3, -0.25) is 0 Å². The summed E-state index contributed by atoms with van der Waals surface area (Å²) < 4.78 is 15.6. The lowest BCUT2D eigenvalue weighted by Crippen LogP contribution is -2.18. The third-order valence-corrected chi connectivity index (χ3v) is 3.70. The van der Waals surface area contributed by atoms with Crippen LogP contribution in [0.3, 0.4) is 0 Å². The maximum Gasteiger partial charge on any atom is 0.372 e. The molecule has 2 aromatic rings. The molecule has 0 radical (unpaired) electrons. The molecule has 0 aliphatic carbocycles. The van der Waals surface area contributed by atoms with Crippen molar-refractivity contribution in [2.24, 2.45) is 10.9 Å². The number of rotatable bonds is 7. The van der Waals surface area contributed by atoms with E-state index in [1.807, 2.05) is 0 Å². The Morgan fingerprint density at radius 2 is 1.73 bits per heavy atom. The van der Waals surface area contributed by atoms with E-state index in [4.69, 9.17) is 48.0 Å². The van der Waals surface area contributed by atoms with Crippen molar-refractivity contribution in [3.63, 3.8) is 0 Å². The third-order valence-electron chi connectivity index (χ3n) is 3.16.